The highest BCUT2D eigenvalue weighted by Gasteiger charge is 2.38. The molecule has 0 saturated heterocycles. The first-order valence-electron chi connectivity index (χ1n) is 5.87. The first-order chi connectivity index (χ1) is 10.1. The molecule has 5 N–H and O–H groups in total. The van der Waals surface area contributed by atoms with Crippen molar-refractivity contribution in [3.63, 3.8) is 0 Å². The van der Waals surface area contributed by atoms with Crippen LogP contribution in [-0.2, 0) is 19.1 Å². The van der Waals surface area contributed by atoms with E-state index in [1.54, 1.807) is 20.8 Å². The number of carbonyl (C=O) groups is 4. The number of ether oxygens (including phenoxy) is 1. The van der Waals surface area contributed by atoms with Crippen LogP contribution in [0.4, 0.5) is 18.0 Å². The van der Waals surface area contributed by atoms with Gasteiger partial charge in [-0.05, 0) is 20.8 Å². The summed E-state index contributed by atoms with van der Waals surface area (Å²) in [6.07, 6.45) is -6.55. The molecule has 0 unspecified atom stereocenters. The summed E-state index contributed by atoms with van der Waals surface area (Å²) in [4.78, 5) is 41.3. The maximum atomic E-state index is 11.1. The second-order valence-electron chi connectivity index (χ2n) is 5.09. The lowest BCUT2D eigenvalue weighted by molar-refractivity contribution is -0.192. The third-order valence-electron chi connectivity index (χ3n) is 1.63. The molecule has 0 aliphatic carbocycles. The van der Waals surface area contributed by atoms with Crippen LogP contribution in [0.25, 0.3) is 0 Å². The van der Waals surface area contributed by atoms with Crippen molar-refractivity contribution in [1.29, 1.82) is 0 Å². The summed E-state index contributed by atoms with van der Waals surface area (Å²) in [7, 11) is 0. The van der Waals surface area contributed by atoms with Gasteiger partial charge in [-0.1, -0.05) is 0 Å². The first kappa shape index (κ1) is 22.9. The van der Waals surface area contributed by atoms with Gasteiger partial charge in [-0.25, -0.2) is 9.59 Å². The number of carbonyl (C=O) groups excluding carboxylic acids is 2. The monoisotopic (exact) mass is 346 g/mol. The molecule has 0 bridgehead atoms. The molecular weight excluding hydrogens is 329 g/mol. The van der Waals surface area contributed by atoms with E-state index in [-0.39, 0.29) is 0 Å². The number of carboxylic acids is 2. The van der Waals surface area contributed by atoms with Crippen LogP contribution in [0.15, 0.2) is 0 Å². The predicted molar refractivity (Wildman–Crippen MR) is 68.3 cm³/mol. The van der Waals surface area contributed by atoms with Crippen molar-refractivity contribution in [1.82, 2.24) is 5.32 Å². The van der Waals surface area contributed by atoms with Crippen molar-refractivity contribution in [2.75, 3.05) is 0 Å². The molecule has 0 heterocycles. The lowest BCUT2D eigenvalue weighted by atomic mass is 10.1. The Bertz CT molecular complexity index is 458. The fourth-order valence-electron chi connectivity index (χ4n) is 0.744. The number of carboxylic acid groups (broad SMARTS) is 2. The predicted octanol–water partition coefficient (Wildman–Crippen LogP) is 0.473. The van der Waals surface area contributed by atoms with E-state index >= 15 is 0 Å². The highest BCUT2D eigenvalue weighted by molar-refractivity contribution is 5.88. The molecule has 0 aromatic carbocycles. The van der Waals surface area contributed by atoms with Crippen molar-refractivity contribution in [2.24, 2.45) is 5.73 Å². The Balaban J connectivity index is 0. The van der Waals surface area contributed by atoms with Crippen LogP contribution in [0.1, 0.15) is 27.2 Å². The normalized spacial score (nSPS) is 12.3. The highest BCUT2D eigenvalue weighted by atomic mass is 19.4. The largest absolute Gasteiger partial charge is 0.490 e. The van der Waals surface area contributed by atoms with E-state index in [4.69, 9.17) is 20.7 Å². The number of nitrogens with one attached hydrogen (secondary N) is 1. The minimum absolute atomic E-state index is 0.535. The molecule has 0 fully saturated rings. The zero-order valence-corrected chi connectivity index (χ0v) is 12.4. The number of alkyl halides is 3. The van der Waals surface area contributed by atoms with Gasteiger partial charge in [-0.3, -0.25) is 9.59 Å². The summed E-state index contributed by atoms with van der Waals surface area (Å²) >= 11 is 0. The van der Waals surface area contributed by atoms with Crippen LogP contribution >= 0.6 is 0 Å². The van der Waals surface area contributed by atoms with Gasteiger partial charge in [-0.2, -0.15) is 13.2 Å². The lowest BCUT2D eigenvalue weighted by Gasteiger charge is -2.19. The fourth-order valence-corrected chi connectivity index (χ4v) is 0.744. The second-order valence-corrected chi connectivity index (χ2v) is 5.09. The number of amides is 1. The Morgan fingerprint density at radius 3 is 1.78 bits per heavy atom. The molecule has 0 aromatic heterocycles. The van der Waals surface area contributed by atoms with E-state index in [1.165, 1.54) is 0 Å². The van der Waals surface area contributed by atoms with Gasteiger partial charge < -0.3 is 26.0 Å². The molecule has 0 aromatic rings. The molecule has 0 aliphatic rings. The third kappa shape index (κ3) is 14.3. The minimum atomic E-state index is -5.08. The third-order valence-corrected chi connectivity index (χ3v) is 1.63. The van der Waals surface area contributed by atoms with Gasteiger partial charge in [0.15, 0.2) is 0 Å². The summed E-state index contributed by atoms with van der Waals surface area (Å²) < 4.78 is 36.1. The van der Waals surface area contributed by atoms with Gasteiger partial charge in [0, 0.05) is 5.54 Å². The number of nitrogens with two attached hydrogens (primary N) is 1. The zero-order chi connectivity index (χ0) is 19.0. The molecule has 0 radical (unpaired) electrons. The Kier molecular flexibility index (Phi) is 8.89. The first-order valence-corrected chi connectivity index (χ1v) is 5.87. The lowest BCUT2D eigenvalue weighted by Crippen LogP contribution is -2.42. The average molecular weight is 346 g/mol. The summed E-state index contributed by atoms with van der Waals surface area (Å²) in [6, 6.07) is -1.37. The Morgan fingerprint density at radius 2 is 1.52 bits per heavy atom. The second kappa shape index (κ2) is 8.92. The number of hydrogen-bond donors (Lipinski definition) is 4. The van der Waals surface area contributed by atoms with Crippen LogP contribution in [0, 0.1) is 0 Å². The van der Waals surface area contributed by atoms with Crippen molar-refractivity contribution in [2.45, 2.75) is 44.9 Å². The molecular formula is C11H17F3N2O7. The molecule has 23 heavy (non-hydrogen) atoms. The standard InChI is InChI=1S/C9H16N2O5.C2HF3O2/c1-9(2,3)11-8(15)16-6(12)4-5(10)7(13)14;3-2(4,5)1(6)7/h5H,4,10H2,1-3H3,(H,11,15)(H,13,14);(H,6,7)/t5-;/m0./s1. The van der Waals surface area contributed by atoms with E-state index < -0.39 is 48.2 Å². The van der Waals surface area contributed by atoms with Gasteiger partial charge >= 0.3 is 30.2 Å². The molecule has 134 valence electrons. The Hall–Kier alpha value is -2.37. The van der Waals surface area contributed by atoms with E-state index in [1.807, 2.05) is 0 Å². The van der Waals surface area contributed by atoms with Gasteiger partial charge in [-0.15, -0.1) is 0 Å². The molecule has 0 saturated carbocycles. The van der Waals surface area contributed by atoms with Crippen LogP contribution in [0.2, 0.25) is 0 Å². The van der Waals surface area contributed by atoms with E-state index in [2.05, 4.69) is 10.1 Å². The summed E-state index contributed by atoms with van der Waals surface area (Å²) in [5, 5.41) is 17.9. The number of alkyl carbamates (subject to hydrolysis) is 1. The van der Waals surface area contributed by atoms with Crippen LogP contribution in [0.3, 0.4) is 0 Å². The van der Waals surface area contributed by atoms with Crippen molar-refractivity contribution < 1.29 is 47.3 Å². The van der Waals surface area contributed by atoms with Crippen LogP contribution in [-0.4, -0.2) is 52.0 Å². The van der Waals surface area contributed by atoms with Crippen LogP contribution < -0.4 is 11.1 Å². The molecule has 1 atom stereocenters. The van der Waals surface area contributed by atoms with Gasteiger partial charge in [0.05, 0.1) is 6.42 Å². The molecule has 9 nitrogen and oxygen atoms in total. The quantitative estimate of drug-likeness (QED) is 0.424. The van der Waals surface area contributed by atoms with Crippen molar-refractivity contribution in [3.05, 3.63) is 0 Å². The molecule has 0 aliphatic heterocycles. The Labute approximate surface area is 128 Å². The number of esters is 1. The van der Waals surface area contributed by atoms with Crippen molar-refractivity contribution in [3.8, 4) is 0 Å². The van der Waals surface area contributed by atoms with Gasteiger partial charge in [0.25, 0.3) is 0 Å². The average Bonchev–Trinajstić information content (AvgIpc) is 2.24. The smallest absolute Gasteiger partial charge is 0.480 e. The van der Waals surface area contributed by atoms with E-state index in [0.717, 1.165) is 0 Å². The summed E-state index contributed by atoms with van der Waals surface area (Å²) in [5.41, 5.74) is 4.55. The minimum Gasteiger partial charge on any atom is -0.480 e. The molecule has 0 rings (SSSR count). The molecule has 1 amide bonds. The highest BCUT2D eigenvalue weighted by Crippen LogP contribution is 2.13. The SMILES string of the molecule is CC(C)(C)NC(=O)OC(=O)C[C@H](N)C(=O)O.O=C(O)C(F)(F)F. The zero-order valence-electron chi connectivity index (χ0n) is 12.4. The topological polar surface area (TPSA) is 156 Å². The maximum Gasteiger partial charge on any atom is 0.490 e. The van der Waals surface area contributed by atoms with E-state index in [9.17, 15) is 27.6 Å². The summed E-state index contributed by atoms with van der Waals surface area (Å²) in [6.45, 7) is 5.13. The van der Waals surface area contributed by atoms with Crippen LogP contribution in [0.5, 0.6) is 0 Å². The Morgan fingerprint density at radius 1 is 1.13 bits per heavy atom. The number of rotatable bonds is 3. The maximum absolute atomic E-state index is 11.1. The van der Waals surface area contributed by atoms with E-state index in [0.29, 0.717) is 0 Å². The van der Waals surface area contributed by atoms with Gasteiger partial charge in [0.2, 0.25) is 0 Å². The molecule has 12 heteroatoms. The van der Waals surface area contributed by atoms with Gasteiger partial charge in [0.1, 0.15) is 6.04 Å². The number of hydrogen-bond acceptors (Lipinski definition) is 6. The number of aliphatic carboxylic acids is 2. The fraction of sp³-hybridized carbons (Fsp3) is 0.636. The summed E-state index contributed by atoms with van der Waals surface area (Å²) in [5.74, 6) is -5.06. The van der Waals surface area contributed by atoms with Crippen molar-refractivity contribution >= 4 is 24.0 Å². The molecule has 0 spiro atoms. The number of halogens is 3.